The fourth-order valence-electron chi connectivity index (χ4n) is 4.03. The van der Waals surface area contributed by atoms with Gasteiger partial charge >= 0.3 is 0 Å². The first kappa shape index (κ1) is 30.9. The third kappa shape index (κ3) is 8.66. The Bertz CT molecular complexity index is 1120. The summed E-state index contributed by atoms with van der Waals surface area (Å²) in [4.78, 5) is 0. The number of aryl methyl sites for hydroxylation is 1. The van der Waals surface area contributed by atoms with Crippen LogP contribution in [-0.2, 0) is 24.4 Å². The van der Waals surface area contributed by atoms with Crippen molar-refractivity contribution in [3.8, 4) is 17.2 Å². The SMILES string of the molecule is COCCOCOc1ccccc1P(c1ccccc1OCOCCOC)c1cc(C)cc(C(C)(C)C)c1O. The van der Waals surface area contributed by atoms with E-state index in [2.05, 4.69) is 39.8 Å². The van der Waals surface area contributed by atoms with Crippen LogP contribution in [0, 0.1) is 6.92 Å². The average Bonchev–Trinajstić information content (AvgIpc) is 2.91. The van der Waals surface area contributed by atoms with Gasteiger partial charge < -0.3 is 33.5 Å². The minimum atomic E-state index is -1.30. The lowest BCUT2D eigenvalue weighted by Gasteiger charge is -2.28. The molecule has 0 atom stereocenters. The van der Waals surface area contributed by atoms with Crippen LogP contribution in [0.15, 0.2) is 60.7 Å². The summed E-state index contributed by atoms with van der Waals surface area (Å²) >= 11 is 0. The Kier molecular flexibility index (Phi) is 12.0. The molecule has 0 aliphatic carbocycles. The largest absolute Gasteiger partial charge is 0.507 e. The van der Waals surface area contributed by atoms with Gasteiger partial charge in [-0.3, -0.25) is 0 Å². The molecule has 0 aliphatic heterocycles. The molecule has 0 saturated carbocycles. The zero-order chi connectivity index (χ0) is 28.3. The summed E-state index contributed by atoms with van der Waals surface area (Å²) in [5.74, 6) is 1.66. The number of phenols is 1. The summed E-state index contributed by atoms with van der Waals surface area (Å²) in [6.07, 6.45) is 0. The van der Waals surface area contributed by atoms with E-state index in [0.29, 0.717) is 37.9 Å². The van der Waals surface area contributed by atoms with Crippen molar-refractivity contribution in [2.45, 2.75) is 33.1 Å². The molecule has 0 aliphatic rings. The number of hydrogen-bond acceptors (Lipinski definition) is 7. The van der Waals surface area contributed by atoms with E-state index in [1.54, 1.807) is 14.2 Å². The smallest absolute Gasteiger partial charge is 0.189 e. The number of aromatic hydroxyl groups is 1. The molecule has 0 amide bonds. The first-order valence-corrected chi connectivity index (χ1v) is 14.3. The second kappa shape index (κ2) is 15.2. The lowest BCUT2D eigenvalue weighted by Crippen LogP contribution is -2.26. The normalized spacial score (nSPS) is 11.7. The van der Waals surface area contributed by atoms with E-state index < -0.39 is 7.92 Å². The van der Waals surface area contributed by atoms with Crippen molar-refractivity contribution in [2.24, 2.45) is 0 Å². The molecular weight excluding hydrogens is 515 g/mol. The van der Waals surface area contributed by atoms with Gasteiger partial charge in [-0.1, -0.05) is 63.2 Å². The number of methoxy groups -OCH3 is 2. The van der Waals surface area contributed by atoms with Crippen molar-refractivity contribution in [2.75, 3.05) is 54.2 Å². The van der Waals surface area contributed by atoms with Crippen molar-refractivity contribution in [3.63, 3.8) is 0 Å². The van der Waals surface area contributed by atoms with Crippen LogP contribution in [0.3, 0.4) is 0 Å². The number of rotatable bonds is 15. The van der Waals surface area contributed by atoms with Crippen LogP contribution >= 0.6 is 7.92 Å². The maximum absolute atomic E-state index is 11.7. The molecule has 3 aromatic rings. The molecule has 212 valence electrons. The topological polar surface area (TPSA) is 75.6 Å². The summed E-state index contributed by atoms with van der Waals surface area (Å²) in [5, 5.41) is 14.5. The van der Waals surface area contributed by atoms with Gasteiger partial charge in [0.05, 0.1) is 26.4 Å². The molecule has 0 aromatic heterocycles. The predicted octanol–water partition coefficient (Wildman–Crippen LogP) is 4.75. The molecule has 3 rings (SSSR count). The zero-order valence-corrected chi connectivity index (χ0v) is 24.8. The number of phenolic OH excluding ortho intramolecular Hbond substituents is 1. The average molecular weight is 557 g/mol. The second-order valence-electron chi connectivity index (χ2n) is 10.0. The summed E-state index contributed by atoms with van der Waals surface area (Å²) in [6.45, 7) is 10.4. The summed E-state index contributed by atoms with van der Waals surface area (Å²) in [7, 11) is 1.96. The lowest BCUT2D eigenvalue weighted by atomic mass is 9.85. The monoisotopic (exact) mass is 556 g/mol. The predicted molar refractivity (Wildman–Crippen MR) is 157 cm³/mol. The zero-order valence-electron chi connectivity index (χ0n) is 23.9. The van der Waals surface area contributed by atoms with E-state index in [-0.39, 0.29) is 24.8 Å². The molecule has 0 fully saturated rings. The first-order valence-electron chi connectivity index (χ1n) is 13.0. The van der Waals surface area contributed by atoms with Crippen molar-refractivity contribution >= 4 is 23.8 Å². The van der Waals surface area contributed by atoms with Gasteiger partial charge in [0.15, 0.2) is 13.6 Å². The second-order valence-corrected chi connectivity index (χ2v) is 12.1. The van der Waals surface area contributed by atoms with Crippen LogP contribution in [0.5, 0.6) is 17.2 Å². The minimum absolute atomic E-state index is 0.0854. The highest BCUT2D eigenvalue weighted by Gasteiger charge is 2.30. The molecule has 3 aromatic carbocycles. The van der Waals surface area contributed by atoms with Crippen molar-refractivity contribution < 1.29 is 33.5 Å². The number of ether oxygens (including phenoxy) is 6. The molecule has 8 heteroatoms. The van der Waals surface area contributed by atoms with Crippen molar-refractivity contribution in [1.82, 2.24) is 0 Å². The summed E-state index contributed by atoms with van der Waals surface area (Å²) < 4.78 is 33.6. The van der Waals surface area contributed by atoms with E-state index in [1.165, 1.54) is 0 Å². The molecule has 0 unspecified atom stereocenters. The van der Waals surface area contributed by atoms with Gasteiger partial charge in [0.25, 0.3) is 0 Å². The summed E-state index contributed by atoms with van der Waals surface area (Å²) in [5.41, 5.74) is 1.72. The van der Waals surface area contributed by atoms with Gasteiger partial charge in [-0.25, -0.2) is 0 Å². The highest BCUT2D eigenvalue weighted by atomic mass is 31.1. The Labute approximate surface area is 233 Å². The molecule has 0 bridgehead atoms. The van der Waals surface area contributed by atoms with Gasteiger partial charge in [0, 0.05) is 35.7 Å². The molecule has 1 N–H and O–H groups in total. The fraction of sp³-hybridized carbons (Fsp3) is 0.419. The van der Waals surface area contributed by atoms with Crippen LogP contribution in [0.4, 0.5) is 0 Å². The molecule has 0 spiro atoms. The Morgan fingerprint density at radius 2 is 1.18 bits per heavy atom. The van der Waals surface area contributed by atoms with Gasteiger partial charge in [-0.05, 0) is 44.0 Å². The van der Waals surface area contributed by atoms with E-state index in [9.17, 15) is 5.11 Å². The first-order chi connectivity index (χ1) is 18.8. The van der Waals surface area contributed by atoms with E-state index in [4.69, 9.17) is 28.4 Å². The van der Waals surface area contributed by atoms with Crippen LogP contribution in [0.25, 0.3) is 0 Å². The van der Waals surface area contributed by atoms with Crippen molar-refractivity contribution in [3.05, 3.63) is 71.8 Å². The number of hydrogen-bond donors (Lipinski definition) is 1. The standard InChI is InChI=1S/C31H41O7P/c1-23-19-24(31(2,3)4)30(32)29(20-23)39(27-13-9-7-11-25(27)37-21-35-17-15-33-5)28-14-10-8-12-26(28)38-22-36-18-16-34-6/h7-14,19-20,32H,15-18,21-22H2,1-6H3. The van der Waals surface area contributed by atoms with Gasteiger partial charge in [-0.2, -0.15) is 0 Å². The molecule has 7 nitrogen and oxygen atoms in total. The van der Waals surface area contributed by atoms with Gasteiger partial charge in [0.2, 0.25) is 0 Å². The van der Waals surface area contributed by atoms with Crippen LogP contribution in [0.2, 0.25) is 0 Å². The Balaban J connectivity index is 2.12. The maximum Gasteiger partial charge on any atom is 0.189 e. The highest BCUT2D eigenvalue weighted by molar-refractivity contribution is 7.80. The molecule has 0 radical (unpaired) electrons. The Morgan fingerprint density at radius 1 is 0.692 bits per heavy atom. The van der Waals surface area contributed by atoms with Crippen LogP contribution < -0.4 is 25.4 Å². The van der Waals surface area contributed by atoms with E-state index in [0.717, 1.165) is 27.0 Å². The molecule has 39 heavy (non-hydrogen) atoms. The fourth-order valence-corrected chi connectivity index (χ4v) is 6.66. The van der Waals surface area contributed by atoms with Crippen LogP contribution in [-0.4, -0.2) is 59.3 Å². The number of benzene rings is 3. The van der Waals surface area contributed by atoms with E-state index in [1.807, 2.05) is 48.5 Å². The maximum atomic E-state index is 11.7. The molecule has 0 saturated heterocycles. The highest BCUT2D eigenvalue weighted by Crippen LogP contribution is 2.44. The molecular formula is C31H41O7P. The molecule has 0 heterocycles. The Morgan fingerprint density at radius 3 is 1.64 bits per heavy atom. The number of para-hydroxylation sites is 2. The lowest BCUT2D eigenvalue weighted by molar-refractivity contribution is -0.00801. The van der Waals surface area contributed by atoms with Gasteiger partial charge in [-0.15, -0.1) is 0 Å². The van der Waals surface area contributed by atoms with Crippen LogP contribution in [0.1, 0.15) is 31.9 Å². The third-order valence-electron chi connectivity index (χ3n) is 5.95. The van der Waals surface area contributed by atoms with E-state index >= 15 is 0 Å². The quantitative estimate of drug-likeness (QED) is 0.164. The third-order valence-corrected chi connectivity index (χ3v) is 8.48. The Hall–Kier alpha value is -2.67. The summed E-state index contributed by atoms with van der Waals surface area (Å²) in [6, 6.07) is 19.9. The minimum Gasteiger partial charge on any atom is -0.507 e. The van der Waals surface area contributed by atoms with Gasteiger partial charge in [0.1, 0.15) is 17.2 Å². The van der Waals surface area contributed by atoms with Crippen molar-refractivity contribution in [1.29, 1.82) is 0 Å².